The summed E-state index contributed by atoms with van der Waals surface area (Å²) < 4.78 is 11.7. The van der Waals surface area contributed by atoms with Crippen LogP contribution >= 0.6 is 0 Å². The first kappa shape index (κ1) is 18.9. The predicted octanol–water partition coefficient (Wildman–Crippen LogP) is 2.52. The van der Waals surface area contributed by atoms with E-state index in [1.165, 1.54) is 0 Å². The van der Waals surface area contributed by atoms with Crippen LogP contribution in [-0.2, 0) is 9.47 Å². The van der Waals surface area contributed by atoms with Gasteiger partial charge in [-0.15, -0.1) is 0 Å². The summed E-state index contributed by atoms with van der Waals surface area (Å²) in [5, 5.41) is 3.66. The van der Waals surface area contributed by atoms with Gasteiger partial charge in [0, 0.05) is 31.7 Å². The van der Waals surface area contributed by atoms with Gasteiger partial charge < -0.3 is 14.8 Å². The van der Waals surface area contributed by atoms with Gasteiger partial charge in [0.05, 0.1) is 17.8 Å². The molecule has 0 aromatic rings. The van der Waals surface area contributed by atoms with Crippen LogP contribution in [0.3, 0.4) is 0 Å². The Bertz CT molecular complexity index is 318. The Labute approximate surface area is 131 Å². The first-order chi connectivity index (χ1) is 9.69. The zero-order chi connectivity index (χ0) is 16.3. The Morgan fingerprint density at radius 3 is 2.29 bits per heavy atom. The molecule has 0 saturated carbocycles. The van der Waals surface area contributed by atoms with Gasteiger partial charge in [0.25, 0.3) is 0 Å². The van der Waals surface area contributed by atoms with Gasteiger partial charge in [0.2, 0.25) is 0 Å². The second-order valence-corrected chi connectivity index (χ2v) is 7.34. The highest BCUT2D eigenvalue weighted by molar-refractivity contribution is 5.06. The van der Waals surface area contributed by atoms with E-state index < -0.39 is 0 Å². The van der Waals surface area contributed by atoms with E-state index in [2.05, 4.69) is 58.7 Å². The maximum atomic E-state index is 6.38. The maximum Gasteiger partial charge on any atom is 0.0790 e. The van der Waals surface area contributed by atoms with Crippen LogP contribution in [-0.4, -0.2) is 61.5 Å². The standard InChI is InChI=1S/C17H36N2O2/c1-9-18-15-14(16(4,5)21-17(15,6)7)11-19(10-2)13(3)12-20-8/h13-15,18H,9-12H2,1-8H3. The molecule has 3 unspecified atom stereocenters. The van der Waals surface area contributed by atoms with Gasteiger partial charge in [-0.25, -0.2) is 0 Å². The number of methoxy groups -OCH3 is 1. The minimum atomic E-state index is -0.131. The van der Waals surface area contributed by atoms with Crippen molar-refractivity contribution in [2.75, 3.05) is 33.4 Å². The van der Waals surface area contributed by atoms with Crippen LogP contribution in [0.1, 0.15) is 48.5 Å². The molecule has 1 rings (SSSR count). The Balaban J connectivity index is 2.90. The Morgan fingerprint density at radius 1 is 1.19 bits per heavy atom. The zero-order valence-electron chi connectivity index (χ0n) is 15.3. The maximum absolute atomic E-state index is 6.38. The van der Waals surface area contributed by atoms with E-state index in [1.807, 2.05) is 0 Å². The molecule has 0 aromatic heterocycles. The van der Waals surface area contributed by atoms with Crippen molar-refractivity contribution < 1.29 is 9.47 Å². The van der Waals surface area contributed by atoms with E-state index in [0.29, 0.717) is 18.0 Å². The van der Waals surface area contributed by atoms with Crippen molar-refractivity contribution in [2.45, 2.75) is 71.8 Å². The molecule has 21 heavy (non-hydrogen) atoms. The molecule has 3 atom stereocenters. The van der Waals surface area contributed by atoms with Crippen LogP contribution in [0.15, 0.2) is 0 Å². The molecule has 1 N–H and O–H groups in total. The van der Waals surface area contributed by atoms with E-state index in [0.717, 1.165) is 26.2 Å². The first-order valence-corrected chi connectivity index (χ1v) is 8.36. The van der Waals surface area contributed by atoms with E-state index in [-0.39, 0.29) is 11.2 Å². The lowest BCUT2D eigenvalue weighted by molar-refractivity contribution is -0.0805. The smallest absolute Gasteiger partial charge is 0.0790 e. The average Bonchev–Trinajstić information content (AvgIpc) is 2.53. The Kier molecular flexibility index (Phi) is 6.66. The quantitative estimate of drug-likeness (QED) is 0.747. The van der Waals surface area contributed by atoms with Crippen LogP contribution in [0.2, 0.25) is 0 Å². The van der Waals surface area contributed by atoms with Crippen LogP contribution in [0, 0.1) is 5.92 Å². The summed E-state index contributed by atoms with van der Waals surface area (Å²) in [5.74, 6) is 0.465. The minimum absolute atomic E-state index is 0.115. The van der Waals surface area contributed by atoms with Crippen molar-refractivity contribution in [1.29, 1.82) is 0 Å². The third-order valence-electron chi connectivity index (χ3n) is 4.86. The Hall–Kier alpha value is -0.160. The monoisotopic (exact) mass is 300 g/mol. The van der Waals surface area contributed by atoms with Crippen LogP contribution in [0.4, 0.5) is 0 Å². The minimum Gasteiger partial charge on any atom is -0.383 e. The molecule has 0 spiro atoms. The fourth-order valence-electron chi connectivity index (χ4n) is 3.86. The molecule has 0 amide bonds. The number of hydrogen-bond donors (Lipinski definition) is 1. The van der Waals surface area contributed by atoms with Gasteiger partial charge in [0.1, 0.15) is 0 Å². The molecule has 0 radical (unpaired) electrons. The highest BCUT2D eigenvalue weighted by Gasteiger charge is 2.53. The Morgan fingerprint density at radius 2 is 1.81 bits per heavy atom. The lowest BCUT2D eigenvalue weighted by Crippen LogP contribution is -2.52. The van der Waals surface area contributed by atoms with Crippen LogP contribution < -0.4 is 5.32 Å². The topological polar surface area (TPSA) is 33.7 Å². The molecule has 4 heteroatoms. The van der Waals surface area contributed by atoms with Crippen LogP contribution in [0.25, 0.3) is 0 Å². The van der Waals surface area contributed by atoms with Gasteiger partial charge >= 0.3 is 0 Å². The third kappa shape index (κ3) is 4.41. The van der Waals surface area contributed by atoms with Crippen molar-refractivity contribution in [3.05, 3.63) is 0 Å². The summed E-state index contributed by atoms with van der Waals surface area (Å²) in [4.78, 5) is 2.50. The van der Waals surface area contributed by atoms with Crippen molar-refractivity contribution in [2.24, 2.45) is 5.92 Å². The summed E-state index contributed by atoms with van der Waals surface area (Å²) in [7, 11) is 1.78. The normalized spacial score (nSPS) is 29.0. The molecule has 1 heterocycles. The summed E-state index contributed by atoms with van der Waals surface area (Å²) in [6.07, 6.45) is 0. The molecule has 126 valence electrons. The summed E-state index contributed by atoms with van der Waals surface area (Å²) in [6, 6.07) is 0.808. The zero-order valence-corrected chi connectivity index (χ0v) is 15.3. The summed E-state index contributed by atoms with van der Waals surface area (Å²) in [6.45, 7) is 19.3. The second kappa shape index (κ2) is 7.40. The number of nitrogens with one attached hydrogen (secondary N) is 1. The van der Waals surface area contributed by atoms with Gasteiger partial charge in [-0.2, -0.15) is 0 Å². The van der Waals surface area contributed by atoms with Gasteiger partial charge in [-0.05, 0) is 47.7 Å². The highest BCUT2D eigenvalue weighted by atomic mass is 16.5. The summed E-state index contributed by atoms with van der Waals surface area (Å²) >= 11 is 0. The SMILES string of the molecule is CCNC1C(CN(CC)C(C)COC)C(C)(C)OC1(C)C. The molecular formula is C17H36N2O2. The number of nitrogens with zero attached hydrogens (tertiary/aromatic N) is 1. The molecule has 1 saturated heterocycles. The fraction of sp³-hybridized carbons (Fsp3) is 1.00. The number of rotatable bonds is 8. The number of ether oxygens (including phenoxy) is 2. The van der Waals surface area contributed by atoms with Crippen molar-refractivity contribution in [1.82, 2.24) is 10.2 Å². The van der Waals surface area contributed by atoms with Crippen molar-refractivity contribution in [3.63, 3.8) is 0 Å². The van der Waals surface area contributed by atoms with E-state index in [1.54, 1.807) is 7.11 Å². The lowest BCUT2D eigenvalue weighted by Gasteiger charge is -2.36. The van der Waals surface area contributed by atoms with E-state index in [9.17, 15) is 0 Å². The van der Waals surface area contributed by atoms with E-state index in [4.69, 9.17) is 9.47 Å². The molecule has 0 aliphatic carbocycles. The molecule has 1 aliphatic heterocycles. The number of likely N-dealkylation sites (N-methyl/N-ethyl adjacent to an activating group) is 2. The second-order valence-electron chi connectivity index (χ2n) is 7.34. The van der Waals surface area contributed by atoms with Crippen molar-refractivity contribution in [3.8, 4) is 0 Å². The number of hydrogen-bond acceptors (Lipinski definition) is 4. The highest BCUT2D eigenvalue weighted by Crippen LogP contribution is 2.42. The van der Waals surface area contributed by atoms with Crippen molar-refractivity contribution >= 4 is 0 Å². The molecule has 0 bridgehead atoms. The van der Waals surface area contributed by atoms with E-state index >= 15 is 0 Å². The average molecular weight is 300 g/mol. The van der Waals surface area contributed by atoms with Gasteiger partial charge in [-0.3, -0.25) is 4.90 Å². The fourth-order valence-corrected chi connectivity index (χ4v) is 3.86. The first-order valence-electron chi connectivity index (χ1n) is 8.36. The largest absolute Gasteiger partial charge is 0.383 e. The molecule has 4 nitrogen and oxygen atoms in total. The van der Waals surface area contributed by atoms with Gasteiger partial charge in [0.15, 0.2) is 0 Å². The van der Waals surface area contributed by atoms with Gasteiger partial charge in [-0.1, -0.05) is 13.8 Å². The van der Waals surface area contributed by atoms with Crippen LogP contribution in [0.5, 0.6) is 0 Å². The molecule has 1 aliphatic rings. The third-order valence-corrected chi connectivity index (χ3v) is 4.86. The lowest BCUT2D eigenvalue weighted by atomic mass is 9.82. The molecule has 0 aromatic carbocycles. The predicted molar refractivity (Wildman–Crippen MR) is 88.8 cm³/mol. The molecular weight excluding hydrogens is 264 g/mol. The molecule has 1 fully saturated rings. The summed E-state index contributed by atoms with van der Waals surface area (Å²) in [5.41, 5.74) is -0.245.